The maximum atomic E-state index is 12.0. The lowest BCUT2D eigenvalue weighted by atomic mass is 10.0. The molecule has 0 aliphatic heterocycles. The summed E-state index contributed by atoms with van der Waals surface area (Å²) in [5, 5.41) is 12.6. The van der Waals surface area contributed by atoms with Gasteiger partial charge in [-0.25, -0.2) is 4.68 Å². The van der Waals surface area contributed by atoms with Gasteiger partial charge in [0.05, 0.1) is 5.52 Å². The van der Waals surface area contributed by atoms with Crippen molar-refractivity contribution in [1.82, 2.24) is 25.1 Å². The Labute approximate surface area is 155 Å². The molecule has 27 heavy (non-hydrogen) atoms. The highest BCUT2D eigenvalue weighted by Gasteiger charge is 2.25. The predicted octanol–water partition coefficient (Wildman–Crippen LogP) is 3.86. The largest absolute Gasteiger partial charge is 0.334 e. The first-order valence-electron chi connectivity index (χ1n) is 8.96. The lowest BCUT2D eigenvalue weighted by Crippen LogP contribution is -2.02. The van der Waals surface area contributed by atoms with E-state index in [9.17, 15) is 4.79 Å². The zero-order valence-corrected chi connectivity index (χ0v) is 15.0. The number of benzene rings is 2. The summed E-state index contributed by atoms with van der Waals surface area (Å²) in [5.41, 5.74) is 5.17. The number of ketones is 1. The van der Waals surface area contributed by atoms with Crippen molar-refractivity contribution in [1.29, 1.82) is 0 Å². The number of rotatable bonds is 3. The van der Waals surface area contributed by atoms with Crippen LogP contribution in [-0.2, 0) is 6.42 Å². The molecular formula is C20H17N5O2. The van der Waals surface area contributed by atoms with Crippen LogP contribution in [0.3, 0.4) is 0 Å². The van der Waals surface area contributed by atoms with Gasteiger partial charge in [0.25, 0.3) is 5.89 Å². The van der Waals surface area contributed by atoms with Crippen molar-refractivity contribution in [3.63, 3.8) is 0 Å². The Morgan fingerprint density at radius 1 is 1.11 bits per heavy atom. The standard InChI is InChI=1S/C20H17N5O2/c1-11(2)25-17-8-6-12(10-16(17)22-24-25)19-21-20(27-23-19)15-5-3-4-14-13(15)7-9-18(14)26/h3-6,8,10-11H,7,9H2,1-2H3. The topological polar surface area (TPSA) is 86.7 Å². The quantitative estimate of drug-likeness (QED) is 0.552. The molecule has 0 radical (unpaired) electrons. The van der Waals surface area contributed by atoms with Gasteiger partial charge in [-0.1, -0.05) is 22.5 Å². The second kappa shape index (κ2) is 5.84. The van der Waals surface area contributed by atoms with Crippen molar-refractivity contribution in [2.45, 2.75) is 32.7 Å². The molecule has 0 amide bonds. The number of carbonyl (C=O) groups excluding carboxylic acids is 1. The molecule has 0 N–H and O–H groups in total. The van der Waals surface area contributed by atoms with Crippen molar-refractivity contribution in [3.8, 4) is 22.8 Å². The fraction of sp³-hybridized carbons (Fsp3) is 0.250. The third-order valence-electron chi connectivity index (χ3n) is 4.95. The van der Waals surface area contributed by atoms with Gasteiger partial charge in [0.15, 0.2) is 5.78 Å². The minimum absolute atomic E-state index is 0.172. The molecule has 0 unspecified atom stereocenters. The predicted molar refractivity (Wildman–Crippen MR) is 99.3 cm³/mol. The lowest BCUT2D eigenvalue weighted by Gasteiger charge is -2.04. The molecule has 0 fully saturated rings. The first kappa shape index (κ1) is 15.9. The number of hydrogen-bond donors (Lipinski definition) is 0. The number of hydrogen-bond acceptors (Lipinski definition) is 6. The van der Waals surface area contributed by atoms with E-state index in [0.717, 1.165) is 33.3 Å². The van der Waals surface area contributed by atoms with Crippen molar-refractivity contribution in [2.24, 2.45) is 0 Å². The Morgan fingerprint density at radius 2 is 1.96 bits per heavy atom. The van der Waals surface area contributed by atoms with Gasteiger partial charge >= 0.3 is 0 Å². The minimum atomic E-state index is 0.172. The van der Waals surface area contributed by atoms with E-state index < -0.39 is 0 Å². The van der Waals surface area contributed by atoms with Crippen LogP contribution in [0.5, 0.6) is 0 Å². The summed E-state index contributed by atoms with van der Waals surface area (Å²) in [6, 6.07) is 11.7. The molecular weight excluding hydrogens is 342 g/mol. The molecule has 7 nitrogen and oxygen atoms in total. The average Bonchev–Trinajstić information content (AvgIpc) is 3.39. The number of carbonyl (C=O) groups is 1. The van der Waals surface area contributed by atoms with Crippen LogP contribution in [0.15, 0.2) is 40.9 Å². The van der Waals surface area contributed by atoms with Gasteiger partial charge in [0.1, 0.15) is 5.52 Å². The third kappa shape index (κ3) is 2.46. The molecule has 0 spiro atoms. The Morgan fingerprint density at radius 3 is 2.81 bits per heavy atom. The summed E-state index contributed by atoms with van der Waals surface area (Å²) in [6.45, 7) is 4.13. The monoisotopic (exact) mass is 359 g/mol. The van der Waals surface area contributed by atoms with Crippen LogP contribution in [-0.4, -0.2) is 30.9 Å². The summed E-state index contributed by atoms with van der Waals surface area (Å²) < 4.78 is 7.39. The Bertz CT molecular complexity index is 1190. The number of Topliss-reactive ketones (excluding diaryl/α,β-unsaturated/α-hetero) is 1. The van der Waals surface area contributed by atoms with Crippen LogP contribution in [0.2, 0.25) is 0 Å². The first-order valence-corrected chi connectivity index (χ1v) is 8.96. The molecule has 134 valence electrons. The molecule has 0 atom stereocenters. The van der Waals surface area contributed by atoms with E-state index in [1.807, 2.05) is 41.1 Å². The number of aromatic nitrogens is 5. The second-order valence-electron chi connectivity index (χ2n) is 7.01. The molecule has 1 aliphatic carbocycles. The van der Waals surface area contributed by atoms with E-state index in [0.29, 0.717) is 24.6 Å². The van der Waals surface area contributed by atoms with E-state index in [2.05, 4.69) is 34.3 Å². The van der Waals surface area contributed by atoms with Crippen LogP contribution < -0.4 is 0 Å². The Hall–Kier alpha value is -3.35. The van der Waals surface area contributed by atoms with E-state index in [-0.39, 0.29) is 11.8 Å². The maximum absolute atomic E-state index is 12.0. The van der Waals surface area contributed by atoms with E-state index in [4.69, 9.17) is 4.52 Å². The van der Waals surface area contributed by atoms with Crippen LogP contribution in [0, 0.1) is 0 Å². The summed E-state index contributed by atoms with van der Waals surface area (Å²) in [7, 11) is 0. The Balaban J connectivity index is 1.55. The number of nitrogens with zero attached hydrogens (tertiary/aromatic N) is 5. The highest BCUT2D eigenvalue weighted by molar-refractivity contribution is 6.02. The first-order chi connectivity index (χ1) is 13.1. The van der Waals surface area contributed by atoms with Gasteiger partial charge in [-0.15, -0.1) is 5.10 Å². The average molecular weight is 359 g/mol. The van der Waals surface area contributed by atoms with Crippen LogP contribution in [0.1, 0.15) is 42.2 Å². The van der Waals surface area contributed by atoms with Crippen LogP contribution in [0.25, 0.3) is 33.9 Å². The zero-order valence-electron chi connectivity index (χ0n) is 15.0. The van der Waals surface area contributed by atoms with Gasteiger partial charge < -0.3 is 4.52 Å². The molecule has 1 aliphatic rings. The lowest BCUT2D eigenvalue weighted by molar-refractivity contribution is 0.0994. The summed E-state index contributed by atoms with van der Waals surface area (Å²) >= 11 is 0. The van der Waals surface area contributed by atoms with E-state index in [1.54, 1.807) is 0 Å². The van der Waals surface area contributed by atoms with Gasteiger partial charge in [0, 0.05) is 29.2 Å². The molecule has 0 saturated heterocycles. The molecule has 2 aromatic carbocycles. The van der Waals surface area contributed by atoms with Crippen molar-refractivity contribution in [2.75, 3.05) is 0 Å². The molecule has 2 aromatic heterocycles. The fourth-order valence-electron chi connectivity index (χ4n) is 3.60. The molecule has 2 heterocycles. The Kier molecular flexibility index (Phi) is 3.43. The van der Waals surface area contributed by atoms with Gasteiger partial charge in [-0.2, -0.15) is 4.98 Å². The van der Waals surface area contributed by atoms with Gasteiger partial charge in [-0.3, -0.25) is 4.79 Å². The van der Waals surface area contributed by atoms with E-state index in [1.165, 1.54) is 0 Å². The molecule has 5 rings (SSSR count). The molecule has 7 heteroatoms. The highest BCUT2D eigenvalue weighted by Crippen LogP contribution is 2.32. The van der Waals surface area contributed by atoms with Crippen LogP contribution >= 0.6 is 0 Å². The smallest absolute Gasteiger partial charge is 0.258 e. The van der Waals surface area contributed by atoms with Crippen molar-refractivity contribution >= 4 is 16.8 Å². The second-order valence-corrected chi connectivity index (χ2v) is 7.01. The number of fused-ring (bicyclic) bond motifs is 2. The van der Waals surface area contributed by atoms with Gasteiger partial charge in [0.2, 0.25) is 5.82 Å². The zero-order chi connectivity index (χ0) is 18.5. The summed E-state index contributed by atoms with van der Waals surface area (Å²) in [4.78, 5) is 16.5. The van der Waals surface area contributed by atoms with Crippen molar-refractivity contribution < 1.29 is 9.32 Å². The van der Waals surface area contributed by atoms with Crippen molar-refractivity contribution in [3.05, 3.63) is 47.5 Å². The molecule has 0 bridgehead atoms. The minimum Gasteiger partial charge on any atom is -0.334 e. The summed E-state index contributed by atoms with van der Waals surface area (Å²) in [5.74, 6) is 1.10. The van der Waals surface area contributed by atoms with Crippen LogP contribution in [0.4, 0.5) is 0 Å². The highest BCUT2D eigenvalue weighted by atomic mass is 16.5. The third-order valence-corrected chi connectivity index (χ3v) is 4.95. The molecule has 4 aromatic rings. The SMILES string of the molecule is CC(C)n1nnc2cc(-c3noc(-c4cccc5c4CCC5=O)n3)ccc21. The summed E-state index contributed by atoms with van der Waals surface area (Å²) in [6.07, 6.45) is 1.25. The molecule has 0 saturated carbocycles. The van der Waals surface area contributed by atoms with E-state index >= 15 is 0 Å². The van der Waals surface area contributed by atoms with Gasteiger partial charge in [-0.05, 0) is 50.1 Å². The normalized spacial score (nSPS) is 13.7. The maximum Gasteiger partial charge on any atom is 0.258 e. The fourth-order valence-corrected chi connectivity index (χ4v) is 3.60.